The summed E-state index contributed by atoms with van der Waals surface area (Å²) in [5.41, 5.74) is 2.12. The molecule has 0 unspecified atom stereocenters. The topological polar surface area (TPSA) is 71.4 Å². The van der Waals surface area contributed by atoms with Gasteiger partial charge in [0.2, 0.25) is 5.88 Å². The Balaban J connectivity index is 0.00000280. The molecule has 0 atom stereocenters. The van der Waals surface area contributed by atoms with Crippen molar-refractivity contribution in [2.45, 2.75) is 65.6 Å². The smallest absolute Gasteiger partial charge is 0.218 e. The number of rotatable bonds is 7. The maximum Gasteiger partial charge on any atom is 0.218 e. The van der Waals surface area contributed by atoms with Crippen LogP contribution < -0.4 is 15.4 Å². The van der Waals surface area contributed by atoms with Gasteiger partial charge in [-0.15, -0.1) is 35.3 Å². The molecule has 1 saturated carbocycles. The SMILES string of the molecule is CCNC(=NCc1cccnc1OC1CCCC1)NCc1nc(C)c(C)s1.I. The van der Waals surface area contributed by atoms with Gasteiger partial charge in [0.05, 0.1) is 18.8 Å². The molecular formula is C20H30IN5OS. The molecule has 28 heavy (non-hydrogen) atoms. The van der Waals surface area contributed by atoms with Crippen LogP contribution in [0.2, 0.25) is 0 Å². The summed E-state index contributed by atoms with van der Waals surface area (Å²) in [4.78, 5) is 15.0. The molecule has 154 valence electrons. The van der Waals surface area contributed by atoms with Crippen molar-refractivity contribution in [3.8, 4) is 5.88 Å². The second-order valence-corrected chi connectivity index (χ2v) is 8.08. The van der Waals surface area contributed by atoms with Crippen molar-refractivity contribution in [3.63, 3.8) is 0 Å². The van der Waals surface area contributed by atoms with Crippen LogP contribution in [0.4, 0.5) is 0 Å². The van der Waals surface area contributed by atoms with Crippen molar-refractivity contribution in [2.24, 2.45) is 4.99 Å². The van der Waals surface area contributed by atoms with Gasteiger partial charge in [-0.2, -0.15) is 0 Å². The van der Waals surface area contributed by atoms with Gasteiger partial charge >= 0.3 is 0 Å². The number of aliphatic imine (C=N–C) groups is 1. The van der Waals surface area contributed by atoms with E-state index in [1.54, 1.807) is 17.5 Å². The molecule has 1 aliphatic carbocycles. The van der Waals surface area contributed by atoms with E-state index in [9.17, 15) is 0 Å². The van der Waals surface area contributed by atoms with Crippen LogP contribution in [0.3, 0.4) is 0 Å². The Morgan fingerprint density at radius 2 is 2.07 bits per heavy atom. The lowest BCUT2D eigenvalue weighted by molar-refractivity contribution is 0.199. The van der Waals surface area contributed by atoms with Crippen molar-refractivity contribution in [2.75, 3.05) is 6.54 Å². The van der Waals surface area contributed by atoms with Crippen molar-refractivity contribution in [1.29, 1.82) is 0 Å². The average Bonchev–Trinajstić information content (AvgIpc) is 3.28. The highest BCUT2D eigenvalue weighted by Crippen LogP contribution is 2.25. The Hall–Kier alpha value is -1.42. The minimum Gasteiger partial charge on any atom is -0.474 e. The number of thiazole rings is 1. The standard InChI is InChI=1S/C20H29N5OS.HI/c1-4-21-20(24-13-18-25-14(2)15(3)27-18)23-12-16-8-7-11-22-19(16)26-17-9-5-6-10-17;/h7-8,11,17H,4-6,9-10,12-13H2,1-3H3,(H2,21,23,24);1H. The largest absolute Gasteiger partial charge is 0.474 e. The summed E-state index contributed by atoms with van der Waals surface area (Å²) in [7, 11) is 0. The molecule has 2 aromatic heterocycles. The molecule has 0 aromatic carbocycles. The zero-order valence-corrected chi connectivity index (χ0v) is 20.0. The Bertz CT molecular complexity index is 754. The maximum absolute atomic E-state index is 6.11. The lowest BCUT2D eigenvalue weighted by Crippen LogP contribution is -2.36. The van der Waals surface area contributed by atoms with Crippen LogP contribution in [-0.2, 0) is 13.1 Å². The summed E-state index contributed by atoms with van der Waals surface area (Å²) in [6.07, 6.45) is 6.82. The van der Waals surface area contributed by atoms with Crippen LogP contribution in [-0.4, -0.2) is 28.6 Å². The number of pyridine rings is 1. The zero-order valence-electron chi connectivity index (χ0n) is 16.8. The third kappa shape index (κ3) is 6.58. The molecule has 6 nitrogen and oxygen atoms in total. The molecule has 2 heterocycles. The first-order valence-electron chi connectivity index (χ1n) is 9.71. The van der Waals surface area contributed by atoms with Crippen LogP contribution in [0.15, 0.2) is 23.3 Å². The van der Waals surface area contributed by atoms with Crippen LogP contribution in [0.1, 0.15) is 53.7 Å². The predicted octanol–water partition coefficient (Wildman–Crippen LogP) is 4.35. The third-order valence-corrected chi connectivity index (χ3v) is 5.73. The number of hydrogen-bond donors (Lipinski definition) is 2. The summed E-state index contributed by atoms with van der Waals surface area (Å²) in [5, 5.41) is 7.73. The minimum absolute atomic E-state index is 0. The molecule has 1 fully saturated rings. The molecule has 0 amide bonds. The fourth-order valence-electron chi connectivity index (χ4n) is 3.09. The highest BCUT2D eigenvalue weighted by molar-refractivity contribution is 14.0. The number of halogens is 1. The lowest BCUT2D eigenvalue weighted by Gasteiger charge is -2.15. The van der Waals surface area contributed by atoms with Gasteiger partial charge < -0.3 is 15.4 Å². The highest BCUT2D eigenvalue weighted by Gasteiger charge is 2.18. The normalized spacial score (nSPS) is 14.6. The lowest BCUT2D eigenvalue weighted by atomic mass is 10.2. The molecule has 3 rings (SSSR count). The van der Waals surface area contributed by atoms with E-state index in [4.69, 9.17) is 9.73 Å². The number of hydrogen-bond acceptors (Lipinski definition) is 5. The third-order valence-electron chi connectivity index (χ3n) is 4.66. The van der Waals surface area contributed by atoms with E-state index >= 15 is 0 Å². The molecule has 0 bridgehead atoms. The molecule has 0 aliphatic heterocycles. The number of ether oxygens (including phenoxy) is 1. The van der Waals surface area contributed by atoms with Crippen LogP contribution in [0, 0.1) is 13.8 Å². The monoisotopic (exact) mass is 515 g/mol. The molecule has 1 aliphatic rings. The van der Waals surface area contributed by atoms with Gasteiger partial charge in [0, 0.05) is 23.2 Å². The number of nitrogens with one attached hydrogen (secondary N) is 2. The van der Waals surface area contributed by atoms with E-state index in [2.05, 4.69) is 34.4 Å². The molecular weight excluding hydrogens is 485 g/mol. The summed E-state index contributed by atoms with van der Waals surface area (Å²) >= 11 is 1.72. The first-order chi connectivity index (χ1) is 13.2. The van der Waals surface area contributed by atoms with Crippen LogP contribution in [0.25, 0.3) is 0 Å². The van der Waals surface area contributed by atoms with E-state index in [-0.39, 0.29) is 24.0 Å². The fraction of sp³-hybridized carbons (Fsp3) is 0.550. The van der Waals surface area contributed by atoms with E-state index in [1.807, 2.05) is 19.1 Å². The van der Waals surface area contributed by atoms with Gasteiger partial charge in [-0.05, 0) is 52.5 Å². The first kappa shape index (κ1) is 22.9. The summed E-state index contributed by atoms with van der Waals surface area (Å²) < 4.78 is 6.11. The molecule has 0 saturated heterocycles. The molecule has 2 aromatic rings. The fourth-order valence-corrected chi connectivity index (χ4v) is 3.97. The van der Waals surface area contributed by atoms with Crippen LogP contribution in [0.5, 0.6) is 5.88 Å². The van der Waals surface area contributed by atoms with Gasteiger partial charge in [0.25, 0.3) is 0 Å². The van der Waals surface area contributed by atoms with Crippen molar-refractivity contribution < 1.29 is 4.74 Å². The van der Waals surface area contributed by atoms with Crippen molar-refractivity contribution in [1.82, 2.24) is 20.6 Å². The van der Waals surface area contributed by atoms with Gasteiger partial charge in [-0.1, -0.05) is 6.07 Å². The molecule has 8 heteroatoms. The van der Waals surface area contributed by atoms with Gasteiger partial charge in [-0.25, -0.2) is 15.0 Å². The maximum atomic E-state index is 6.11. The highest BCUT2D eigenvalue weighted by atomic mass is 127. The molecule has 0 spiro atoms. The Kier molecular flexibility index (Phi) is 9.43. The molecule has 2 N–H and O–H groups in total. The van der Waals surface area contributed by atoms with E-state index in [1.165, 1.54) is 17.7 Å². The number of aryl methyl sites for hydroxylation is 2. The summed E-state index contributed by atoms with van der Waals surface area (Å²) in [6, 6.07) is 3.98. The Morgan fingerprint density at radius 1 is 1.29 bits per heavy atom. The van der Waals surface area contributed by atoms with Crippen molar-refractivity contribution >= 4 is 41.3 Å². The quantitative estimate of drug-likeness (QED) is 0.326. The van der Waals surface area contributed by atoms with Crippen LogP contribution >= 0.6 is 35.3 Å². The van der Waals surface area contributed by atoms with E-state index in [0.29, 0.717) is 19.2 Å². The van der Waals surface area contributed by atoms with Gasteiger partial charge in [0.15, 0.2) is 5.96 Å². The number of guanidine groups is 1. The Labute approximate surface area is 188 Å². The minimum atomic E-state index is 0. The average molecular weight is 515 g/mol. The van der Waals surface area contributed by atoms with Gasteiger partial charge in [-0.3, -0.25) is 0 Å². The predicted molar refractivity (Wildman–Crippen MR) is 126 cm³/mol. The zero-order chi connectivity index (χ0) is 19.1. The summed E-state index contributed by atoms with van der Waals surface area (Å²) in [5.74, 6) is 1.49. The van der Waals surface area contributed by atoms with E-state index in [0.717, 1.165) is 47.5 Å². The number of aromatic nitrogens is 2. The Morgan fingerprint density at radius 3 is 2.75 bits per heavy atom. The van der Waals surface area contributed by atoms with Crippen molar-refractivity contribution in [3.05, 3.63) is 39.5 Å². The first-order valence-corrected chi connectivity index (χ1v) is 10.5. The summed E-state index contributed by atoms with van der Waals surface area (Å²) in [6.45, 7) is 8.21. The number of nitrogens with zero attached hydrogens (tertiary/aromatic N) is 3. The molecule has 0 radical (unpaired) electrons. The van der Waals surface area contributed by atoms with E-state index < -0.39 is 0 Å². The second-order valence-electron chi connectivity index (χ2n) is 6.79. The van der Waals surface area contributed by atoms with Gasteiger partial charge in [0.1, 0.15) is 11.1 Å². The second kappa shape index (κ2) is 11.5.